The van der Waals surface area contributed by atoms with Crippen LogP contribution in [0, 0.1) is 6.92 Å². The van der Waals surface area contributed by atoms with Gasteiger partial charge >= 0.3 is 0 Å². The molecule has 2 fully saturated rings. The second-order valence-electron chi connectivity index (χ2n) is 8.41. The number of hydrogen-bond donors (Lipinski definition) is 0. The number of carbonyl (C=O) groups is 1. The molecule has 1 amide bonds. The van der Waals surface area contributed by atoms with Crippen LogP contribution in [0.5, 0.6) is 0 Å². The smallest absolute Gasteiger partial charge is 0.266 e. The van der Waals surface area contributed by atoms with Crippen LogP contribution in [0.25, 0.3) is 6.08 Å². The first-order valence-electron chi connectivity index (χ1n) is 11.7. The molecular formula is C24H29N3O5S3. The predicted octanol–water partition coefficient (Wildman–Crippen LogP) is 4.43. The van der Waals surface area contributed by atoms with E-state index in [4.69, 9.17) is 21.4 Å². The number of aryl methyl sites for hydroxylation is 1. The number of ether oxygens (including phenoxy) is 1. The van der Waals surface area contributed by atoms with Crippen molar-refractivity contribution in [3.8, 4) is 0 Å². The molecule has 35 heavy (non-hydrogen) atoms. The zero-order valence-electron chi connectivity index (χ0n) is 19.9. The minimum Gasteiger partial charge on any atom is -0.420 e. The molecule has 11 heteroatoms. The quantitative estimate of drug-likeness (QED) is 0.263. The number of piperidine rings is 1. The molecular weight excluding hydrogens is 506 g/mol. The summed E-state index contributed by atoms with van der Waals surface area (Å²) in [5.41, 5.74) is 0.962. The Kier molecular flexibility index (Phi) is 8.31. The lowest BCUT2D eigenvalue weighted by Gasteiger charge is -2.26. The summed E-state index contributed by atoms with van der Waals surface area (Å²) in [4.78, 5) is 21.3. The first-order chi connectivity index (χ1) is 16.8. The molecule has 3 heterocycles. The molecule has 0 N–H and O–H groups in total. The molecule has 2 aromatic rings. The van der Waals surface area contributed by atoms with Gasteiger partial charge in [-0.25, -0.2) is 8.42 Å². The Hall–Kier alpha value is -2.21. The number of thioether (sulfide) groups is 1. The van der Waals surface area contributed by atoms with Gasteiger partial charge in [0.15, 0.2) is 0 Å². The van der Waals surface area contributed by atoms with Crippen LogP contribution >= 0.6 is 24.0 Å². The molecule has 4 rings (SSSR count). The third-order valence-corrected chi connectivity index (χ3v) is 8.87. The van der Waals surface area contributed by atoms with Crippen molar-refractivity contribution in [2.75, 3.05) is 37.7 Å². The van der Waals surface area contributed by atoms with Crippen molar-refractivity contribution in [1.29, 1.82) is 0 Å². The summed E-state index contributed by atoms with van der Waals surface area (Å²) < 4.78 is 38.8. The lowest BCUT2D eigenvalue weighted by Crippen LogP contribution is -2.30. The van der Waals surface area contributed by atoms with Gasteiger partial charge in [-0.05, 0) is 51.7 Å². The monoisotopic (exact) mass is 535 g/mol. The normalized spacial score (nSPS) is 18.2. The number of rotatable bonds is 9. The van der Waals surface area contributed by atoms with Crippen LogP contribution in [0.3, 0.4) is 0 Å². The van der Waals surface area contributed by atoms with E-state index in [2.05, 4.69) is 4.98 Å². The molecule has 0 spiro atoms. The fraction of sp³-hybridized carbons (Fsp3) is 0.458. The van der Waals surface area contributed by atoms with Crippen LogP contribution in [0.2, 0.25) is 0 Å². The van der Waals surface area contributed by atoms with Crippen molar-refractivity contribution in [2.24, 2.45) is 0 Å². The summed E-state index contributed by atoms with van der Waals surface area (Å²) >= 11 is 6.55. The van der Waals surface area contributed by atoms with E-state index in [1.54, 1.807) is 24.3 Å². The van der Waals surface area contributed by atoms with E-state index < -0.39 is 9.84 Å². The lowest BCUT2D eigenvalue weighted by molar-refractivity contribution is -0.122. The Labute approximate surface area is 215 Å². The highest BCUT2D eigenvalue weighted by atomic mass is 32.2. The largest absolute Gasteiger partial charge is 0.420 e. The third-order valence-electron chi connectivity index (χ3n) is 5.83. The van der Waals surface area contributed by atoms with Crippen molar-refractivity contribution in [2.45, 2.75) is 49.5 Å². The fourth-order valence-electron chi connectivity index (χ4n) is 3.95. The maximum atomic E-state index is 13.5. The molecule has 1 aromatic carbocycles. The van der Waals surface area contributed by atoms with Crippen LogP contribution in [-0.2, 0) is 19.4 Å². The molecule has 0 aliphatic carbocycles. The molecule has 0 radical (unpaired) electrons. The minimum absolute atomic E-state index is 0.0751. The van der Waals surface area contributed by atoms with Crippen molar-refractivity contribution in [3.63, 3.8) is 0 Å². The van der Waals surface area contributed by atoms with E-state index in [0.717, 1.165) is 36.6 Å². The molecule has 1 aromatic heterocycles. The number of hydrogen-bond acceptors (Lipinski definition) is 9. The van der Waals surface area contributed by atoms with Crippen molar-refractivity contribution < 1.29 is 22.4 Å². The van der Waals surface area contributed by atoms with E-state index in [1.807, 2.05) is 18.7 Å². The molecule has 0 bridgehead atoms. The lowest BCUT2D eigenvalue weighted by atomic mass is 10.1. The van der Waals surface area contributed by atoms with Gasteiger partial charge in [-0.3, -0.25) is 9.69 Å². The number of sulfone groups is 1. The molecule has 0 atom stereocenters. The second kappa shape index (κ2) is 11.2. The molecule has 2 saturated heterocycles. The number of benzene rings is 1. The molecule has 8 nitrogen and oxygen atoms in total. The number of carbonyl (C=O) groups excluding carboxylic acids is 1. The number of nitrogens with zero attached hydrogens (tertiary/aromatic N) is 3. The summed E-state index contributed by atoms with van der Waals surface area (Å²) in [7, 11) is -3.92. The van der Waals surface area contributed by atoms with Gasteiger partial charge in [0.1, 0.15) is 4.32 Å². The van der Waals surface area contributed by atoms with E-state index in [-0.39, 0.29) is 27.6 Å². The Balaban J connectivity index is 1.65. The van der Waals surface area contributed by atoms with Gasteiger partial charge in [0, 0.05) is 38.9 Å². The average molecular weight is 536 g/mol. The number of oxazole rings is 1. The summed E-state index contributed by atoms with van der Waals surface area (Å²) in [6.45, 7) is 6.82. The number of thiocarbonyl (C=S) groups is 1. The highest BCUT2D eigenvalue weighted by Crippen LogP contribution is 2.36. The maximum Gasteiger partial charge on any atom is 0.266 e. The van der Waals surface area contributed by atoms with Crippen molar-refractivity contribution in [1.82, 2.24) is 9.88 Å². The standard InChI is InChI=1S/C24H29N3O5S3/c1-3-31-15-7-14-27-22(28)19(34-24(27)33)16-20-25-21(23(32-20)26-12-5-4-6-13-26)35(29,30)18-10-8-17(2)9-11-18/h8-11,16H,3-7,12-15H2,1-2H3. The molecule has 0 unspecified atom stereocenters. The summed E-state index contributed by atoms with van der Waals surface area (Å²) in [6.07, 6.45) is 5.14. The zero-order valence-corrected chi connectivity index (χ0v) is 22.3. The minimum atomic E-state index is -3.92. The van der Waals surface area contributed by atoms with Gasteiger partial charge in [0.2, 0.25) is 26.6 Å². The van der Waals surface area contributed by atoms with Crippen LogP contribution in [0.1, 0.15) is 44.1 Å². The van der Waals surface area contributed by atoms with E-state index >= 15 is 0 Å². The summed E-state index contributed by atoms with van der Waals surface area (Å²) in [6, 6.07) is 6.66. The first-order valence-corrected chi connectivity index (χ1v) is 14.4. The zero-order chi connectivity index (χ0) is 25.0. The van der Waals surface area contributed by atoms with Crippen molar-refractivity contribution >= 4 is 56.0 Å². The average Bonchev–Trinajstić information content (AvgIpc) is 3.39. The Morgan fingerprint density at radius 1 is 1.20 bits per heavy atom. The highest BCUT2D eigenvalue weighted by molar-refractivity contribution is 8.26. The first kappa shape index (κ1) is 25.9. The topological polar surface area (TPSA) is 92.9 Å². The van der Waals surface area contributed by atoms with E-state index in [0.29, 0.717) is 48.5 Å². The summed E-state index contributed by atoms with van der Waals surface area (Å²) in [5, 5.41) is -0.123. The van der Waals surface area contributed by atoms with Gasteiger partial charge in [0.05, 0.1) is 9.80 Å². The molecule has 188 valence electrons. The van der Waals surface area contributed by atoms with Crippen molar-refractivity contribution in [3.05, 3.63) is 40.6 Å². The third kappa shape index (κ3) is 5.79. The van der Waals surface area contributed by atoms with Gasteiger partial charge in [0.25, 0.3) is 5.91 Å². The van der Waals surface area contributed by atoms with E-state index in [1.165, 1.54) is 11.0 Å². The highest BCUT2D eigenvalue weighted by Gasteiger charge is 2.34. The van der Waals surface area contributed by atoms with Crippen LogP contribution in [0.15, 0.2) is 43.5 Å². The number of aromatic nitrogens is 1. The fourth-order valence-corrected chi connectivity index (χ4v) is 6.55. The SMILES string of the molecule is CCOCCCN1C(=O)C(=Cc2nc(S(=O)(=O)c3ccc(C)cc3)c(N3CCCCC3)o2)SC1=S. The van der Waals surface area contributed by atoms with Gasteiger partial charge in [-0.15, -0.1) is 0 Å². The maximum absolute atomic E-state index is 13.5. The van der Waals surface area contributed by atoms with Crippen LogP contribution < -0.4 is 4.90 Å². The Morgan fingerprint density at radius 3 is 2.60 bits per heavy atom. The number of amides is 1. The second-order valence-corrected chi connectivity index (χ2v) is 12.0. The predicted molar refractivity (Wildman–Crippen MR) is 140 cm³/mol. The van der Waals surface area contributed by atoms with Gasteiger partial charge in [-0.1, -0.05) is 41.7 Å². The number of anilines is 1. The Morgan fingerprint density at radius 2 is 1.91 bits per heavy atom. The molecule has 0 saturated carbocycles. The molecule has 2 aliphatic rings. The summed E-state index contributed by atoms with van der Waals surface area (Å²) in [5.74, 6) is 0.0620. The van der Waals surface area contributed by atoms with E-state index in [9.17, 15) is 13.2 Å². The van der Waals surface area contributed by atoms with Gasteiger partial charge in [-0.2, -0.15) is 4.98 Å². The van der Waals surface area contributed by atoms with Crippen LogP contribution in [-0.4, -0.2) is 61.4 Å². The van der Waals surface area contributed by atoms with Crippen LogP contribution in [0.4, 0.5) is 5.88 Å². The Bertz CT molecular complexity index is 1220. The molecule has 2 aliphatic heterocycles. The van der Waals surface area contributed by atoms with Gasteiger partial charge < -0.3 is 14.1 Å².